The summed E-state index contributed by atoms with van der Waals surface area (Å²) in [5.74, 6) is -0.753. The SMILES string of the molecule is Cc1ccc(S(=O)(=O)N(CC(=O)N(Cc2ccc(Cl)cc2)[C@@H](C)C(=O)NC2CCCCC2)c2cccc(Br)c2)cc1. The van der Waals surface area contributed by atoms with Crippen LogP contribution in [-0.2, 0) is 26.2 Å². The number of rotatable bonds is 10. The number of carbonyl (C=O) groups excluding carboxylic acids is 2. The summed E-state index contributed by atoms with van der Waals surface area (Å²) in [6.07, 6.45) is 5.10. The summed E-state index contributed by atoms with van der Waals surface area (Å²) in [5.41, 5.74) is 2.02. The fourth-order valence-electron chi connectivity index (χ4n) is 4.94. The van der Waals surface area contributed by atoms with E-state index in [0.29, 0.717) is 15.2 Å². The minimum Gasteiger partial charge on any atom is -0.352 e. The number of halogens is 2. The fraction of sp³-hybridized carbons (Fsp3) is 0.355. The molecule has 0 aromatic heterocycles. The van der Waals surface area contributed by atoms with Gasteiger partial charge in [0.1, 0.15) is 12.6 Å². The van der Waals surface area contributed by atoms with Crippen molar-refractivity contribution in [2.45, 2.75) is 69.5 Å². The predicted molar refractivity (Wildman–Crippen MR) is 166 cm³/mol. The van der Waals surface area contributed by atoms with Crippen molar-refractivity contribution in [3.05, 3.63) is 93.4 Å². The van der Waals surface area contributed by atoms with Crippen molar-refractivity contribution in [1.29, 1.82) is 0 Å². The molecule has 3 aromatic rings. The van der Waals surface area contributed by atoms with Gasteiger partial charge in [0.15, 0.2) is 0 Å². The number of anilines is 1. The smallest absolute Gasteiger partial charge is 0.264 e. The number of nitrogens with zero attached hydrogens (tertiary/aromatic N) is 2. The van der Waals surface area contributed by atoms with Crippen LogP contribution in [0.4, 0.5) is 5.69 Å². The first-order chi connectivity index (χ1) is 19.5. The Bertz CT molecular complexity index is 1460. The number of hydrogen-bond donors (Lipinski definition) is 1. The van der Waals surface area contributed by atoms with Gasteiger partial charge in [-0.2, -0.15) is 0 Å². The van der Waals surface area contributed by atoms with Crippen LogP contribution in [-0.4, -0.2) is 43.8 Å². The Morgan fingerprint density at radius 1 is 1.00 bits per heavy atom. The van der Waals surface area contributed by atoms with E-state index in [1.807, 2.05) is 6.92 Å². The number of sulfonamides is 1. The van der Waals surface area contributed by atoms with Crippen LogP contribution in [0.1, 0.15) is 50.2 Å². The van der Waals surface area contributed by atoms with E-state index in [4.69, 9.17) is 11.6 Å². The van der Waals surface area contributed by atoms with Gasteiger partial charge in [-0.05, 0) is 74.7 Å². The molecule has 1 fully saturated rings. The third-order valence-corrected chi connectivity index (χ3v) is 9.90. The van der Waals surface area contributed by atoms with Crippen molar-refractivity contribution < 1.29 is 18.0 Å². The molecule has 0 aliphatic heterocycles. The topological polar surface area (TPSA) is 86.8 Å². The zero-order valence-electron chi connectivity index (χ0n) is 23.2. The maximum atomic E-state index is 14.1. The quantitative estimate of drug-likeness (QED) is 0.270. The number of aryl methyl sites for hydroxylation is 1. The van der Waals surface area contributed by atoms with Crippen LogP contribution < -0.4 is 9.62 Å². The molecule has 0 heterocycles. The monoisotopic (exact) mass is 659 g/mol. The van der Waals surface area contributed by atoms with Crippen LogP contribution in [0.3, 0.4) is 0 Å². The molecule has 0 spiro atoms. The molecular weight excluding hydrogens is 626 g/mol. The van der Waals surface area contributed by atoms with Gasteiger partial charge in [-0.1, -0.05) is 82.7 Å². The summed E-state index contributed by atoms with van der Waals surface area (Å²) in [6, 6.07) is 19.6. The lowest BCUT2D eigenvalue weighted by Gasteiger charge is -2.33. The highest BCUT2D eigenvalue weighted by Crippen LogP contribution is 2.27. The van der Waals surface area contributed by atoms with Gasteiger partial charge in [-0.15, -0.1) is 0 Å². The van der Waals surface area contributed by atoms with Gasteiger partial charge in [-0.3, -0.25) is 13.9 Å². The summed E-state index contributed by atoms with van der Waals surface area (Å²) in [4.78, 5) is 29.0. The Hall–Kier alpha value is -2.88. The molecule has 41 heavy (non-hydrogen) atoms. The molecule has 1 aliphatic rings. The predicted octanol–water partition coefficient (Wildman–Crippen LogP) is 6.47. The second-order valence-corrected chi connectivity index (χ2v) is 13.7. The van der Waals surface area contributed by atoms with Crippen molar-refractivity contribution in [1.82, 2.24) is 10.2 Å². The zero-order valence-corrected chi connectivity index (χ0v) is 26.4. The first-order valence-electron chi connectivity index (χ1n) is 13.7. The summed E-state index contributed by atoms with van der Waals surface area (Å²) >= 11 is 9.49. The minimum atomic E-state index is -4.12. The van der Waals surface area contributed by atoms with E-state index in [9.17, 15) is 18.0 Å². The lowest BCUT2D eigenvalue weighted by atomic mass is 9.95. The Labute approximate surface area is 256 Å². The average Bonchev–Trinajstić information content (AvgIpc) is 2.95. The van der Waals surface area contributed by atoms with E-state index in [-0.39, 0.29) is 23.4 Å². The van der Waals surface area contributed by atoms with Gasteiger partial charge >= 0.3 is 0 Å². The van der Waals surface area contributed by atoms with Gasteiger partial charge in [-0.25, -0.2) is 8.42 Å². The molecular formula is C31H35BrClN3O4S. The summed E-state index contributed by atoms with van der Waals surface area (Å²) in [5, 5.41) is 3.67. The van der Waals surface area contributed by atoms with Crippen molar-refractivity contribution in [3.63, 3.8) is 0 Å². The third-order valence-electron chi connectivity index (χ3n) is 7.37. The number of nitrogens with one attached hydrogen (secondary N) is 1. The zero-order chi connectivity index (χ0) is 29.6. The maximum Gasteiger partial charge on any atom is 0.264 e. The molecule has 0 saturated heterocycles. The summed E-state index contributed by atoms with van der Waals surface area (Å²) in [6.45, 7) is 3.19. The lowest BCUT2D eigenvalue weighted by molar-refractivity contribution is -0.139. The van der Waals surface area contributed by atoms with Crippen LogP contribution in [0.2, 0.25) is 5.02 Å². The molecule has 0 unspecified atom stereocenters. The normalized spacial score (nSPS) is 14.7. The maximum absolute atomic E-state index is 14.1. The molecule has 1 atom stereocenters. The van der Waals surface area contributed by atoms with E-state index in [1.165, 1.54) is 17.0 Å². The van der Waals surface area contributed by atoms with Gasteiger partial charge in [0.05, 0.1) is 10.6 Å². The molecule has 3 aromatic carbocycles. The van der Waals surface area contributed by atoms with Crippen molar-refractivity contribution >= 4 is 55.1 Å². The van der Waals surface area contributed by atoms with Crippen LogP contribution in [0.15, 0.2) is 82.2 Å². The van der Waals surface area contributed by atoms with E-state index in [1.54, 1.807) is 67.6 Å². The average molecular weight is 661 g/mol. The van der Waals surface area contributed by atoms with Crippen molar-refractivity contribution in [2.75, 3.05) is 10.8 Å². The lowest BCUT2D eigenvalue weighted by Crippen LogP contribution is -2.53. The van der Waals surface area contributed by atoms with Gasteiger partial charge < -0.3 is 10.2 Å². The van der Waals surface area contributed by atoms with Gasteiger partial charge in [0.25, 0.3) is 10.0 Å². The second kappa shape index (κ2) is 13.9. The first-order valence-corrected chi connectivity index (χ1v) is 16.3. The Morgan fingerprint density at radius 2 is 1.66 bits per heavy atom. The van der Waals surface area contributed by atoms with Gasteiger partial charge in [0.2, 0.25) is 11.8 Å². The number of benzene rings is 3. The molecule has 0 bridgehead atoms. The number of carbonyl (C=O) groups is 2. The molecule has 10 heteroatoms. The molecule has 1 N–H and O–H groups in total. The van der Waals surface area contributed by atoms with E-state index in [0.717, 1.165) is 47.5 Å². The van der Waals surface area contributed by atoms with E-state index >= 15 is 0 Å². The molecule has 0 radical (unpaired) electrons. The minimum absolute atomic E-state index is 0.0724. The summed E-state index contributed by atoms with van der Waals surface area (Å²) < 4.78 is 29.6. The highest BCUT2D eigenvalue weighted by atomic mass is 79.9. The highest BCUT2D eigenvalue weighted by Gasteiger charge is 2.33. The number of hydrogen-bond acceptors (Lipinski definition) is 4. The Kier molecular flexibility index (Phi) is 10.5. The summed E-state index contributed by atoms with van der Waals surface area (Å²) in [7, 11) is -4.12. The fourth-order valence-corrected chi connectivity index (χ4v) is 6.85. The number of amides is 2. The largest absolute Gasteiger partial charge is 0.352 e. The van der Waals surface area contributed by atoms with E-state index in [2.05, 4.69) is 21.2 Å². The first kappa shape index (κ1) is 31.1. The molecule has 218 valence electrons. The standard InChI is InChI=1S/C31H35BrClN3O4S/c1-22-11-17-29(18-12-22)41(39,40)36(28-10-6-7-25(32)19-28)21-30(37)35(20-24-13-15-26(33)16-14-24)23(2)31(38)34-27-8-4-3-5-9-27/h6-7,10-19,23,27H,3-5,8-9,20-21H2,1-2H3,(H,34,38)/t23-/m0/s1. The molecule has 2 amide bonds. The van der Waals surface area contributed by atoms with Crippen LogP contribution in [0, 0.1) is 6.92 Å². The van der Waals surface area contributed by atoms with Crippen molar-refractivity contribution in [3.8, 4) is 0 Å². The Balaban J connectivity index is 1.67. The second-order valence-electron chi connectivity index (χ2n) is 10.5. The van der Waals surface area contributed by atoms with E-state index < -0.39 is 28.5 Å². The molecule has 7 nitrogen and oxygen atoms in total. The molecule has 4 rings (SSSR count). The van der Waals surface area contributed by atoms with Crippen LogP contribution in [0.5, 0.6) is 0 Å². The van der Waals surface area contributed by atoms with Crippen LogP contribution in [0.25, 0.3) is 0 Å². The molecule has 1 aliphatic carbocycles. The third kappa shape index (κ3) is 8.11. The van der Waals surface area contributed by atoms with Gasteiger partial charge in [0, 0.05) is 22.1 Å². The molecule has 1 saturated carbocycles. The van der Waals surface area contributed by atoms with Crippen LogP contribution >= 0.6 is 27.5 Å². The highest BCUT2D eigenvalue weighted by molar-refractivity contribution is 9.10. The van der Waals surface area contributed by atoms with Crippen molar-refractivity contribution in [2.24, 2.45) is 0 Å². The Morgan fingerprint density at radius 3 is 2.29 bits per heavy atom.